The number of rotatable bonds is 7. The van der Waals surface area contributed by atoms with Crippen molar-refractivity contribution in [2.24, 2.45) is 11.1 Å². The van der Waals surface area contributed by atoms with Gasteiger partial charge in [-0.25, -0.2) is 0 Å². The highest BCUT2D eigenvalue weighted by molar-refractivity contribution is 7.09. The SMILES string of the molecule is CCOC1CC(N)(CN(CC)Cc2cccs2)C1(C)C. The molecule has 1 aromatic rings. The van der Waals surface area contributed by atoms with E-state index in [-0.39, 0.29) is 11.0 Å². The molecule has 0 spiro atoms. The Morgan fingerprint density at radius 2 is 2.20 bits per heavy atom. The van der Waals surface area contributed by atoms with Crippen molar-refractivity contribution in [3.05, 3.63) is 22.4 Å². The van der Waals surface area contributed by atoms with Crippen molar-refractivity contribution in [3.8, 4) is 0 Å². The zero-order chi connectivity index (χ0) is 14.8. The topological polar surface area (TPSA) is 38.5 Å². The van der Waals surface area contributed by atoms with Gasteiger partial charge in [0.05, 0.1) is 6.10 Å². The van der Waals surface area contributed by atoms with Gasteiger partial charge in [-0.3, -0.25) is 4.90 Å². The maximum Gasteiger partial charge on any atom is 0.0662 e. The summed E-state index contributed by atoms with van der Waals surface area (Å²) in [5.74, 6) is 0. The first-order valence-electron chi connectivity index (χ1n) is 7.58. The maximum atomic E-state index is 6.69. The molecule has 1 aromatic heterocycles. The molecule has 1 fully saturated rings. The van der Waals surface area contributed by atoms with Gasteiger partial charge in [-0.1, -0.05) is 26.8 Å². The first-order valence-corrected chi connectivity index (χ1v) is 8.46. The summed E-state index contributed by atoms with van der Waals surface area (Å²) in [6, 6.07) is 4.32. The van der Waals surface area contributed by atoms with Gasteiger partial charge < -0.3 is 10.5 Å². The minimum Gasteiger partial charge on any atom is -0.378 e. The third-order valence-corrected chi connectivity index (χ3v) is 5.78. The van der Waals surface area contributed by atoms with Gasteiger partial charge in [0, 0.05) is 35.5 Å². The Morgan fingerprint density at radius 1 is 1.45 bits per heavy atom. The van der Waals surface area contributed by atoms with E-state index in [0.29, 0.717) is 6.10 Å². The molecule has 2 rings (SSSR count). The van der Waals surface area contributed by atoms with Gasteiger partial charge >= 0.3 is 0 Å². The molecule has 2 unspecified atom stereocenters. The van der Waals surface area contributed by atoms with Gasteiger partial charge in [-0.15, -0.1) is 11.3 Å². The summed E-state index contributed by atoms with van der Waals surface area (Å²) >= 11 is 1.82. The monoisotopic (exact) mass is 296 g/mol. The van der Waals surface area contributed by atoms with Crippen LogP contribution in [0.4, 0.5) is 0 Å². The Bertz CT molecular complexity index is 418. The minimum atomic E-state index is -0.139. The van der Waals surface area contributed by atoms with Crippen LogP contribution in [-0.2, 0) is 11.3 Å². The first kappa shape index (κ1) is 16.0. The van der Waals surface area contributed by atoms with Crippen LogP contribution in [0.2, 0.25) is 0 Å². The predicted octanol–water partition coefficient (Wildman–Crippen LogP) is 3.10. The highest BCUT2D eigenvalue weighted by atomic mass is 32.1. The second kappa shape index (κ2) is 6.14. The maximum absolute atomic E-state index is 6.69. The fraction of sp³-hybridized carbons (Fsp3) is 0.750. The lowest BCUT2D eigenvalue weighted by molar-refractivity contribution is -0.156. The Morgan fingerprint density at radius 3 is 2.70 bits per heavy atom. The van der Waals surface area contributed by atoms with Gasteiger partial charge in [0.2, 0.25) is 0 Å². The van der Waals surface area contributed by atoms with Crippen molar-refractivity contribution in [3.63, 3.8) is 0 Å². The second-order valence-electron chi connectivity index (χ2n) is 6.41. The molecule has 0 amide bonds. The van der Waals surface area contributed by atoms with Crippen LogP contribution in [0, 0.1) is 5.41 Å². The minimum absolute atomic E-state index is 0.0475. The smallest absolute Gasteiger partial charge is 0.0662 e. The largest absolute Gasteiger partial charge is 0.378 e. The number of ether oxygens (including phenoxy) is 1. The van der Waals surface area contributed by atoms with Gasteiger partial charge in [0.15, 0.2) is 0 Å². The third-order valence-electron chi connectivity index (χ3n) is 4.92. The molecule has 20 heavy (non-hydrogen) atoms. The molecule has 114 valence electrons. The third kappa shape index (κ3) is 2.93. The summed E-state index contributed by atoms with van der Waals surface area (Å²) in [5.41, 5.74) is 6.60. The van der Waals surface area contributed by atoms with Crippen LogP contribution in [0.25, 0.3) is 0 Å². The van der Waals surface area contributed by atoms with Gasteiger partial charge in [0.1, 0.15) is 0 Å². The molecule has 1 aliphatic carbocycles. The zero-order valence-corrected chi connectivity index (χ0v) is 14.0. The lowest BCUT2D eigenvalue weighted by Crippen LogP contribution is -2.73. The van der Waals surface area contributed by atoms with Gasteiger partial charge in [-0.05, 0) is 31.3 Å². The van der Waals surface area contributed by atoms with E-state index >= 15 is 0 Å². The number of likely N-dealkylation sites (N-methyl/N-ethyl adjacent to an activating group) is 1. The van der Waals surface area contributed by atoms with E-state index in [4.69, 9.17) is 10.5 Å². The molecule has 1 aliphatic rings. The second-order valence-corrected chi connectivity index (χ2v) is 7.44. The lowest BCUT2D eigenvalue weighted by atomic mass is 9.54. The van der Waals surface area contributed by atoms with Crippen LogP contribution in [-0.4, -0.2) is 36.2 Å². The van der Waals surface area contributed by atoms with Crippen molar-refractivity contribution < 1.29 is 4.74 Å². The van der Waals surface area contributed by atoms with E-state index in [2.05, 4.69) is 50.1 Å². The molecule has 4 heteroatoms. The molecule has 3 nitrogen and oxygen atoms in total. The summed E-state index contributed by atoms with van der Waals surface area (Å²) in [6.45, 7) is 12.5. The van der Waals surface area contributed by atoms with E-state index in [9.17, 15) is 0 Å². The Labute approximate surface area is 127 Å². The zero-order valence-electron chi connectivity index (χ0n) is 13.2. The summed E-state index contributed by atoms with van der Waals surface area (Å²) in [6.07, 6.45) is 1.27. The standard InChI is InChI=1S/C16H28N2OS/c1-5-18(11-13-8-7-9-20-13)12-16(17)10-14(19-6-2)15(16,3)4/h7-9,14H,5-6,10-12,17H2,1-4H3. The Kier molecular flexibility index (Phi) is 4.90. The molecule has 0 aliphatic heterocycles. The van der Waals surface area contributed by atoms with Crippen molar-refractivity contribution in [2.75, 3.05) is 19.7 Å². The lowest BCUT2D eigenvalue weighted by Gasteiger charge is -2.60. The van der Waals surface area contributed by atoms with E-state index in [1.807, 2.05) is 11.3 Å². The van der Waals surface area contributed by atoms with E-state index in [1.165, 1.54) is 4.88 Å². The molecule has 2 atom stereocenters. The fourth-order valence-electron chi connectivity index (χ4n) is 3.08. The van der Waals surface area contributed by atoms with Crippen LogP contribution < -0.4 is 5.73 Å². The van der Waals surface area contributed by atoms with Crippen molar-refractivity contribution >= 4 is 11.3 Å². The number of nitrogens with zero attached hydrogens (tertiary/aromatic N) is 1. The van der Waals surface area contributed by atoms with Crippen molar-refractivity contribution in [1.29, 1.82) is 0 Å². The summed E-state index contributed by atoms with van der Waals surface area (Å²) < 4.78 is 5.81. The molecule has 1 saturated carbocycles. The van der Waals surface area contributed by atoms with Gasteiger partial charge in [-0.2, -0.15) is 0 Å². The van der Waals surface area contributed by atoms with Crippen LogP contribution in [0.5, 0.6) is 0 Å². The van der Waals surface area contributed by atoms with Gasteiger partial charge in [0.25, 0.3) is 0 Å². The number of hydrogen-bond acceptors (Lipinski definition) is 4. The molecular weight excluding hydrogens is 268 g/mol. The highest BCUT2D eigenvalue weighted by Gasteiger charge is 2.58. The van der Waals surface area contributed by atoms with Crippen molar-refractivity contribution in [2.45, 2.75) is 52.3 Å². The number of thiophene rings is 1. The van der Waals surface area contributed by atoms with Crippen LogP contribution in [0.1, 0.15) is 39.0 Å². The molecule has 0 bridgehead atoms. The average molecular weight is 296 g/mol. The van der Waals surface area contributed by atoms with Crippen LogP contribution in [0.3, 0.4) is 0 Å². The average Bonchev–Trinajstić information content (AvgIpc) is 2.90. The summed E-state index contributed by atoms with van der Waals surface area (Å²) in [7, 11) is 0. The highest BCUT2D eigenvalue weighted by Crippen LogP contribution is 2.50. The van der Waals surface area contributed by atoms with E-state index in [0.717, 1.165) is 32.7 Å². The van der Waals surface area contributed by atoms with Crippen LogP contribution >= 0.6 is 11.3 Å². The Hall–Kier alpha value is -0.420. The number of hydrogen-bond donors (Lipinski definition) is 1. The summed E-state index contributed by atoms with van der Waals surface area (Å²) in [5, 5.41) is 2.14. The quantitative estimate of drug-likeness (QED) is 0.840. The molecule has 0 aromatic carbocycles. The molecule has 0 radical (unpaired) electrons. The summed E-state index contributed by atoms with van der Waals surface area (Å²) in [4.78, 5) is 3.87. The van der Waals surface area contributed by atoms with E-state index < -0.39 is 0 Å². The first-order chi connectivity index (χ1) is 9.43. The molecule has 1 heterocycles. The Balaban J connectivity index is 1.97. The molecular formula is C16H28N2OS. The molecule has 0 saturated heterocycles. The normalized spacial score (nSPS) is 28.6. The predicted molar refractivity (Wildman–Crippen MR) is 86.0 cm³/mol. The fourth-order valence-corrected chi connectivity index (χ4v) is 3.82. The molecule has 2 N–H and O–H groups in total. The van der Waals surface area contributed by atoms with Crippen LogP contribution in [0.15, 0.2) is 17.5 Å². The van der Waals surface area contributed by atoms with Crippen molar-refractivity contribution in [1.82, 2.24) is 4.90 Å². The number of nitrogens with two attached hydrogens (primary N) is 1. The van der Waals surface area contributed by atoms with E-state index in [1.54, 1.807) is 0 Å².